The molecule has 1 amide bonds. The first-order valence-electron chi connectivity index (χ1n) is 6.62. The largest absolute Gasteiger partial charge is 0.480 e. The molecule has 0 aromatic heterocycles. The SMILES string of the molecule is C=C[C@H](C(O)CO)C1OC(C(=O)O)=C[C@H](C)[C@H]1NC(C)=O. The first kappa shape index (κ1) is 17.2. The average molecular weight is 299 g/mol. The molecule has 0 saturated heterocycles. The molecule has 0 spiro atoms. The van der Waals surface area contributed by atoms with E-state index in [0.29, 0.717) is 0 Å². The van der Waals surface area contributed by atoms with Crippen LogP contribution >= 0.6 is 0 Å². The summed E-state index contributed by atoms with van der Waals surface area (Å²) in [7, 11) is 0. The molecule has 0 saturated carbocycles. The molecule has 5 atom stereocenters. The van der Waals surface area contributed by atoms with E-state index in [4.69, 9.17) is 14.9 Å². The van der Waals surface area contributed by atoms with Crippen LogP contribution in [0.1, 0.15) is 13.8 Å². The van der Waals surface area contributed by atoms with Gasteiger partial charge < -0.3 is 25.4 Å². The molecule has 118 valence electrons. The molecule has 0 bridgehead atoms. The molecule has 21 heavy (non-hydrogen) atoms. The number of aliphatic hydroxyl groups excluding tert-OH is 2. The molecule has 7 heteroatoms. The topological polar surface area (TPSA) is 116 Å². The van der Waals surface area contributed by atoms with E-state index in [1.807, 2.05) is 0 Å². The lowest BCUT2D eigenvalue weighted by Gasteiger charge is -2.39. The number of amides is 1. The van der Waals surface area contributed by atoms with E-state index < -0.39 is 36.7 Å². The van der Waals surface area contributed by atoms with Gasteiger partial charge in [-0.2, -0.15) is 0 Å². The van der Waals surface area contributed by atoms with Crippen molar-refractivity contribution in [2.45, 2.75) is 32.1 Å². The second kappa shape index (κ2) is 7.24. The molecule has 0 aromatic rings. The Morgan fingerprint density at radius 3 is 2.62 bits per heavy atom. The van der Waals surface area contributed by atoms with Crippen LogP contribution in [0.3, 0.4) is 0 Å². The van der Waals surface area contributed by atoms with Gasteiger partial charge in [-0.05, 0) is 6.08 Å². The fraction of sp³-hybridized carbons (Fsp3) is 0.571. The van der Waals surface area contributed by atoms with Crippen LogP contribution in [0.15, 0.2) is 24.5 Å². The lowest BCUT2D eigenvalue weighted by Crippen LogP contribution is -2.54. The quantitative estimate of drug-likeness (QED) is 0.498. The highest BCUT2D eigenvalue weighted by atomic mass is 16.5. The Kier molecular flexibility index (Phi) is 5.92. The number of carboxylic acid groups (broad SMARTS) is 1. The molecule has 0 radical (unpaired) electrons. The number of hydrogen-bond donors (Lipinski definition) is 4. The van der Waals surface area contributed by atoms with Crippen molar-refractivity contribution in [1.82, 2.24) is 5.32 Å². The molecular formula is C14H21NO6. The lowest BCUT2D eigenvalue weighted by atomic mass is 9.83. The van der Waals surface area contributed by atoms with Gasteiger partial charge in [-0.3, -0.25) is 4.79 Å². The minimum Gasteiger partial charge on any atom is -0.480 e. The molecule has 4 N–H and O–H groups in total. The zero-order valence-electron chi connectivity index (χ0n) is 12.0. The summed E-state index contributed by atoms with van der Waals surface area (Å²) >= 11 is 0. The Morgan fingerprint density at radius 2 is 2.19 bits per heavy atom. The Hall–Kier alpha value is -1.86. The van der Waals surface area contributed by atoms with E-state index in [-0.39, 0.29) is 17.6 Å². The van der Waals surface area contributed by atoms with Crippen LogP contribution in [0.4, 0.5) is 0 Å². The molecule has 0 aliphatic carbocycles. The minimum absolute atomic E-state index is 0.244. The predicted molar refractivity (Wildman–Crippen MR) is 74.1 cm³/mol. The van der Waals surface area contributed by atoms with Gasteiger partial charge in [-0.15, -0.1) is 6.58 Å². The van der Waals surface area contributed by atoms with Crippen LogP contribution < -0.4 is 5.32 Å². The van der Waals surface area contributed by atoms with E-state index in [2.05, 4.69) is 11.9 Å². The first-order chi connectivity index (χ1) is 9.81. The summed E-state index contributed by atoms with van der Waals surface area (Å²) in [6.45, 7) is 6.14. The van der Waals surface area contributed by atoms with Crippen LogP contribution in [0.5, 0.6) is 0 Å². The number of carbonyl (C=O) groups is 2. The number of aliphatic carboxylic acids is 1. The van der Waals surface area contributed by atoms with Gasteiger partial charge in [0.1, 0.15) is 6.10 Å². The predicted octanol–water partition coefficient (Wildman–Crippen LogP) is -0.350. The van der Waals surface area contributed by atoms with Gasteiger partial charge in [0.2, 0.25) is 11.7 Å². The number of hydrogen-bond acceptors (Lipinski definition) is 5. The summed E-state index contributed by atoms with van der Waals surface area (Å²) in [4.78, 5) is 22.4. The van der Waals surface area contributed by atoms with Crippen LogP contribution in [0.25, 0.3) is 0 Å². The van der Waals surface area contributed by atoms with E-state index >= 15 is 0 Å². The summed E-state index contributed by atoms with van der Waals surface area (Å²) in [5.74, 6) is -2.81. The monoisotopic (exact) mass is 299 g/mol. The van der Waals surface area contributed by atoms with Gasteiger partial charge in [0.15, 0.2) is 0 Å². The van der Waals surface area contributed by atoms with E-state index in [9.17, 15) is 14.7 Å². The zero-order valence-corrected chi connectivity index (χ0v) is 12.0. The Balaban J connectivity index is 3.14. The van der Waals surface area contributed by atoms with Gasteiger partial charge >= 0.3 is 5.97 Å². The van der Waals surface area contributed by atoms with Crippen molar-refractivity contribution in [2.24, 2.45) is 11.8 Å². The summed E-state index contributed by atoms with van der Waals surface area (Å²) < 4.78 is 5.41. The van der Waals surface area contributed by atoms with E-state index in [0.717, 1.165) is 0 Å². The van der Waals surface area contributed by atoms with Crippen LogP contribution in [0.2, 0.25) is 0 Å². The van der Waals surface area contributed by atoms with Gasteiger partial charge in [0.25, 0.3) is 0 Å². The molecular weight excluding hydrogens is 278 g/mol. The van der Waals surface area contributed by atoms with Crippen molar-refractivity contribution in [3.63, 3.8) is 0 Å². The Morgan fingerprint density at radius 1 is 1.57 bits per heavy atom. The maximum absolute atomic E-state index is 11.3. The second-order valence-corrected chi connectivity index (χ2v) is 5.07. The zero-order chi connectivity index (χ0) is 16.2. The van der Waals surface area contributed by atoms with Crippen molar-refractivity contribution in [3.8, 4) is 0 Å². The van der Waals surface area contributed by atoms with Gasteiger partial charge in [0.05, 0.1) is 18.8 Å². The van der Waals surface area contributed by atoms with Gasteiger partial charge in [0, 0.05) is 18.8 Å². The fourth-order valence-electron chi connectivity index (χ4n) is 2.42. The number of ether oxygens (including phenoxy) is 1. The highest BCUT2D eigenvalue weighted by molar-refractivity contribution is 5.84. The first-order valence-corrected chi connectivity index (χ1v) is 6.62. The number of aliphatic hydroxyl groups is 2. The number of carboxylic acids is 1. The molecule has 7 nitrogen and oxygen atoms in total. The van der Waals surface area contributed by atoms with Crippen LogP contribution in [-0.4, -0.2) is 52.1 Å². The lowest BCUT2D eigenvalue weighted by molar-refractivity contribution is -0.141. The third kappa shape index (κ3) is 4.05. The smallest absolute Gasteiger partial charge is 0.370 e. The van der Waals surface area contributed by atoms with Crippen LogP contribution in [0, 0.1) is 11.8 Å². The van der Waals surface area contributed by atoms with Crippen LogP contribution in [-0.2, 0) is 14.3 Å². The van der Waals surface area contributed by atoms with Crippen molar-refractivity contribution >= 4 is 11.9 Å². The van der Waals surface area contributed by atoms with E-state index in [1.54, 1.807) is 6.92 Å². The molecule has 0 aromatic carbocycles. The maximum atomic E-state index is 11.3. The Bertz CT molecular complexity index is 447. The number of carbonyl (C=O) groups excluding carboxylic acids is 1. The molecule has 1 aliphatic heterocycles. The highest BCUT2D eigenvalue weighted by Gasteiger charge is 2.41. The maximum Gasteiger partial charge on any atom is 0.370 e. The van der Waals surface area contributed by atoms with Crippen molar-refractivity contribution < 1.29 is 29.6 Å². The normalized spacial score (nSPS) is 27.8. The summed E-state index contributed by atoms with van der Waals surface area (Å²) in [6.07, 6.45) is 0.798. The van der Waals surface area contributed by atoms with Gasteiger partial charge in [-0.1, -0.05) is 13.0 Å². The molecule has 2 unspecified atom stereocenters. The highest BCUT2D eigenvalue weighted by Crippen LogP contribution is 2.30. The average Bonchev–Trinajstić information content (AvgIpc) is 2.41. The third-order valence-electron chi connectivity index (χ3n) is 3.46. The molecule has 1 aliphatic rings. The third-order valence-corrected chi connectivity index (χ3v) is 3.46. The molecule has 1 heterocycles. The fourth-order valence-corrected chi connectivity index (χ4v) is 2.42. The molecule has 0 fully saturated rings. The van der Waals surface area contributed by atoms with Crippen molar-refractivity contribution in [2.75, 3.05) is 6.61 Å². The van der Waals surface area contributed by atoms with E-state index in [1.165, 1.54) is 19.1 Å². The number of nitrogens with one attached hydrogen (secondary N) is 1. The second-order valence-electron chi connectivity index (χ2n) is 5.07. The Labute approximate surface area is 122 Å². The molecule has 1 rings (SSSR count). The van der Waals surface area contributed by atoms with Crippen molar-refractivity contribution in [3.05, 3.63) is 24.5 Å². The summed E-state index contributed by atoms with van der Waals surface area (Å²) in [6, 6.07) is -0.533. The van der Waals surface area contributed by atoms with Crippen molar-refractivity contribution in [1.29, 1.82) is 0 Å². The minimum atomic E-state index is -1.23. The summed E-state index contributed by atoms with van der Waals surface area (Å²) in [5.41, 5.74) is 0. The standard InChI is InChI=1S/C14H21NO6/c1-4-9(10(18)6-16)13-12(15-8(3)17)7(2)5-11(21-13)14(19)20/h4-5,7,9-10,12-13,16,18H,1,6H2,2-3H3,(H,15,17)(H,19,20)/t7-,9+,10?,12+,13?/m0/s1. The summed E-state index contributed by atoms with van der Waals surface area (Å²) in [5, 5.41) is 30.7. The van der Waals surface area contributed by atoms with Gasteiger partial charge in [-0.25, -0.2) is 4.79 Å². The number of rotatable bonds is 6.